The Labute approximate surface area is 150 Å². The summed E-state index contributed by atoms with van der Waals surface area (Å²) in [4.78, 5) is 13.5. The summed E-state index contributed by atoms with van der Waals surface area (Å²) < 4.78 is 0. The third-order valence-electron chi connectivity index (χ3n) is 3.51. The predicted octanol–water partition coefficient (Wildman–Crippen LogP) is 5.85. The Bertz CT molecular complexity index is 701. The molecule has 5 heteroatoms. The fraction of sp³-hybridized carbons (Fsp3) is 0.278. The number of rotatable bonds is 7. The number of hydrogen-bond donors (Lipinski definition) is 1. The van der Waals surface area contributed by atoms with E-state index in [4.69, 9.17) is 23.2 Å². The van der Waals surface area contributed by atoms with Crippen molar-refractivity contribution < 1.29 is 9.90 Å². The monoisotopic (exact) mass is 368 g/mol. The maximum absolute atomic E-state index is 12.3. The highest BCUT2D eigenvalue weighted by Crippen LogP contribution is 2.31. The van der Waals surface area contributed by atoms with Gasteiger partial charge in [0, 0.05) is 22.4 Å². The van der Waals surface area contributed by atoms with Gasteiger partial charge in [-0.3, -0.25) is 4.79 Å². The molecule has 0 atom stereocenters. The summed E-state index contributed by atoms with van der Waals surface area (Å²) in [6, 6.07) is 11.3. The van der Waals surface area contributed by atoms with Gasteiger partial charge in [0.05, 0.1) is 10.9 Å². The van der Waals surface area contributed by atoms with Gasteiger partial charge in [-0.05, 0) is 42.9 Å². The number of ketones is 1. The zero-order chi connectivity index (χ0) is 16.8. The minimum absolute atomic E-state index is 0.0173. The summed E-state index contributed by atoms with van der Waals surface area (Å²) in [5.74, 6) is 0.970. The average Bonchev–Trinajstić information content (AvgIpc) is 2.55. The molecule has 2 nitrogen and oxygen atoms in total. The van der Waals surface area contributed by atoms with Gasteiger partial charge >= 0.3 is 0 Å². The van der Waals surface area contributed by atoms with Crippen LogP contribution >= 0.6 is 35.0 Å². The minimum Gasteiger partial charge on any atom is -0.506 e. The Morgan fingerprint density at radius 1 is 1.26 bits per heavy atom. The van der Waals surface area contributed by atoms with Crippen LogP contribution in [0.2, 0.25) is 5.02 Å². The van der Waals surface area contributed by atoms with Crippen molar-refractivity contribution in [3.8, 4) is 5.75 Å². The summed E-state index contributed by atoms with van der Waals surface area (Å²) in [5.41, 5.74) is 2.24. The number of phenolic OH excluding ortho intramolecular Hbond substituents is 1. The van der Waals surface area contributed by atoms with E-state index in [1.54, 1.807) is 17.8 Å². The Morgan fingerprint density at radius 3 is 2.70 bits per heavy atom. The number of carbonyl (C=O) groups is 1. The molecule has 1 N–H and O–H groups in total. The molecule has 0 spiro atoms. The first-order valence-electron chi connectivity index (χ1n) is 7.32. The van der Waals surface area contributed by atoms with E-state index in [0.717, 1.165) is 12.2 Å². The lowest BCUT2D eigenvalue weighted by molar-refractivity contribution is 0.0982. The average molecular weight is 369 g/mol. The van der Waals surface area contributed by atoms with Gasteiger partial charge in [0.25, 0.3) is 0 Å². The van der Waals surface area contributed by atoms with Gasteiger partial charge in [0.2, 0.25) is 0 Å². The summed E-state index contributed by atoms with van der Waals surface area (Å²) >= 11 is 13.5. The summed E-state index contributed by atoms with van der Waals surface area (Å²) in [6.07, 6.45) is 1.23. The van der Waals surface area contributed by atoms with Crippen molar-refractivity contribution in [1.29, 1.82) is 0 Å². The van der Waals surface area contributed by atoms with Crippen LogP contribution in [-0.2, 0) is 5.88 Å². The van der Waals surface area contributed by atoms with Crippen LogP contribution in [0.25, 0.3) is 0 Å². The molecule has 2 aromatic rings. The third-order valence-corrected chi connectivity index (χ3v) is 5.35. The number of benzene rings is 2. The van der Waals surface area contributed by atoms with Crippen LogP contribution in [0.3, 0.4) is 0 Å². The number of Topliss-reactive ketones (excluding diaryl/α,β-unsaturated/α-hetero) is 1. The van der Waals surface area contributed by atoms with E-state index < -0.39 is 0 Å². The molecule has 23 heavy (non-hydrogen) atoms. The van der Waals surface area contributed by atoms with E-state index in [-0.39, 0.29) is 22.4 Å². The van der Waals surface area contributed by atoms with Crippen LogP contribution in [0.4, 0.5) is 0 Å². The van der Waals surface area contributed by atoms with Gasteiger partial charge in [0.1, 0.15) is 5.75 Å². The van der Waals surface area contributed by atoms with Gasteiger partial charge in [-0.1, -0.05) is 29.8 Å². The maximum Gasteiger partial charge on any atom is 0.162 e. The lowest BCUT2D eigenvalue weighted by Gasteiger charge is -2.08. The Morgan fingerprint density at radius 2 is 2.00 bits per heavy atom. The lowest BCUT2D eigenvalue weighted by Crippen LogP contribution is -2.01. The Hall–Kier alpha value is -1.16. The number of thioether (sulfide) groups is 1. The van der Waals surface area contributed by atoms with Gasteiger partial charge in [-0.15, -0.1) is 23.4 Å². The largest absolute Gasteiger partial charge is 0.506 e. The SMILES string of the molecule is Cc1ccccc1SCCCC(=O)c1cc(Cl)c(O)c(CCl)c1. The molecular weight excluding hydrogens is 351 g/mol. The number of alkyl halides is 1. The zero-order valence-corrected chi connectivity index (χ0v) is 15.1. The Balaban J connectivity index is 1.90. The third kappa shape index (κ3) is 4.90. The van der Waals surface area contributed by atoms with Crippen LogP contribution in [0, 0.1) is 6.92 Å². The summed E-state index contributed by atoms with van der Waals surface area (Å²) in [7, 11) is 0. The normalized spacial score (nSPS) is 10.7. The van der Waals surface area contributed by atoms with Crippen LogP contribution in [-0.4, -0.2) is 16.6 Å². The van der Waals surface area contributed by atoms with E-state index in [0.29, 0.717) is 17.5 Å². The molecule has 122 valence electrons. The minimum atomic E-state index is -0.0478. The summed E-state index contributed by atoms with van der Waals surface area (Å²) in [5, 5.41) is 9.91. The van der Waals surface area contributed by atoms with E-state index in [9.17, 15) is 9.90 Å². The first-order chi connectivity index (χ1) is 11.0. The van der Waals surface area contributed by atoms with Crippen LogP contribution < -0.4 is 0 Å². The molecule has 0 bridgehead atoms. The van der Waals surface area contributed by atoms with Crippen molar-refractivity contribution in [2.75, 3.05) is 5.75 Å². The van der Waals surface area contributed by atoms with Gasteiger partial charge in [0.15, 0.2) is 5.78 Å². The molecule has 0 saturated carbocycles. The first-order valence-corrected chi connectivity index (χ1v) is 9.21. The van der Waals surface area contributed by atoms with E-state index in [1.807, 2.05) is 12.1 Å². The van der Waals surface area contributed by atoms with Gasteiger partial charge in [-0.25, -0.2) is 0 Å². The number of halogens is 2. The van der Waals surface area contributed by atoms with Crippen LogP contribution in [0.5, 0.6) is 5.75 Å². The Kier molecular flexibility index (Phi) is 6.82. The molecule has 2 aromatic carbocycles. The topological polar surface area (TPSA) is 37.3 Å². The number of aromatic hydroxyl groups is 1. The highest BCUT2D eigenvalue weighted by atomic mass is 35.5. The molecule has 0 unspecified atom stereocenters. The van der Waals surface area contributed by atoms with E-state index >= 15 is 0 Å². The van der Waals surface area contributed by atoms with Crippen LogP contribution in [0.1, 0.15) is 34.3 Å². The van der Waals surface area contributed by atoms with Crippen molar-refractivity contribution in [3.05, 3.63) is 58.1 Å². The molecule has 0 aliphatic heterocycles. The molecule has 0 radical (unpaired) electrons. The molecular formula is C18H18Cl2O2S. The molecule has 0 aromatic heterocycles. The molecule has 0 amide bonds. The fourth-order valence-corrected chi connectivity index (χ4v) is 3.62. The highest BCUT2D eigenvalue weighted by Gasteiger charge is 2.13. The fourth-order valence-electron chi connectivity index (χ4n) is 2.20. The molecule has 0 saturated heterocycles. The lowest BCUT2D eigenvalue weighted by atomic mass is 10.0. The first kappa shape index (κ1) is 18.2. The molecule has 0 aliphatic carbocycles. The van der Waals surface area contributed by atoms with Crippen molar-refractivity contribution in [2.45, 2.75) is 30.5 Å². The number of hydrogen-bond acceptors (Lipinski definition) is 3. The molecule has 0 fully saturated rings. The maximum atomic E-state index is 12.3. The summed E-state index contributed by atoms with van der Waals surface area (Å²) in [6.45, 7) is 2.08. The highest BCUT2D eigenvalue weighted by molar-refractivity contribution is 7.99. The molecule has 0 heterocycles. The van der Waals surface area contributed by atoms with Crippen molar-refractivity contribution in [2.24, 2.45) is 0 Å². The second-order valence-electron chi connectivity index (χ2n) is 5.24. The number of aryl methyl sites for hydroxylation is 1. The van der Waals surface area contributed by atoms with Crippen molar-refractivity contribution in [1.82, 2.24) is 0 Å². The molecule has 0 aliphatic rings. The zero-order valence-electron chi connectivity index (χ0n) is 12.8. The molecule has 2 rings (SSSR count). The smallest absolute Gasteiger partial charge is 0.162 e. The van der Waals surface area contributed by atoms with E-state index in [1.165, 1.54) is 16.5 Å². The van der Waals surface area contributed by atoms with Crippen LogP contribution in [0.15, 0.2) is 41.3 Å². The second kappa shape index (κ2) is 8.62. The van der Waals surface area contributed by atoms with Crippen molar-refractivity contribution >= 4 is 40.7 Å². The van der Waals surface area contributed by atoms with Gasteiger partial charge < -0.3 is 5.11 Å². The predicted molar refractivity (Wildman–Crippen MR) is 98.1 cm³/mol. The van der Waals surface area contributed by atoms with Crippen molar-refractivity contribution in [3.63, 3.8) is 0 Å². The van der Waals surface area contributed by atoms with E-state index in [2.05, 4.69) is 19.1 Å². The van der Waals surface area contributed by atoms with Gasteiger partial charge in [-0.2, -0.15) is 0 Å². The standard InChI is InChI=1S/C18H18Cl2O2S/c1-12-5-2-3-7-17(12)23-8-4-6-16(21)13-9-14(11-19)18(22)15(20)10-13/h2-3,5,7,9-10,22H,4,6,8,11H2,1H3. The second-order valence-corrected chi connectivity index (χ2v) is 7.05. The number of carbonyl (C=O) groups excluding carboxylic acids is 1. The number of phenols is 1. The quantitative estimate of drug-likeness (QED) is 0.288.